The Hall–Kier alpha value is -4.39. The van der Waals surface area contributed by atoms with Gasteiger partial charge in [0.2, 0.25) is 5.91 Å². The molecule has 7 nitrogen and oxygen atoms in total. The lowest BCUT2D eigenvalue weighted by molar-refractivity contribution is -0.146. The van der Waals surface area contributed by atoms with Gasteiger partial charge in [0.15, 0.2) is 0 Å². The molecule has 2 aliphatic carbocycles. The monoisotopic (exact) mass is 536 g/mol. The van der Waals surface area contributed by atoms with E-state index >= 15 is 0 Å². The van der Waals surface area contributed by atoms with Crippen molar-refractivity contribution in [2.75, 3.05) is 18.5 Å². The first-order valence-electron chi connectivity index (χ1n) is 13.7. The van der Waals surface area contributed by atoms with Gasteiger partial charge in [0, 0.05) is 17.5 Å². The zero-order valence-electron chi connectivity index (χ0n) is 22.4. The number of carbonyl (C=O) groups excluding carboxylic acids is 3. The molecule has 204 valence electrons. The average molecular weight is 537 g/mol. The highest BCUT2D eigenvalue weighted by atomic mass is 16.5. The zero-order valence-corrected chi connectivity index (χ0v) is 22.4. The number of anilines is 1. The van der Waals surface area contributed by atoms with Crippen molar-refractivity contribution in [3.05, 3.63) is 102 Å². The summed E-state index contributed by atoms with van der Waals surface area (Å²) in [6, 6.07) is 22.9. The van der Waals surface area contributed by atoms with Crippen LogP contribution in [0.15, 0.2) is 84.9 Å². The largest absolute Gasteiger partial charge is 0.465 e. The van der Waals surface area contributed by atoms with Crippen LogP contribution < -0.4 is 10.6 Å². The standard InChI is InChI=1S/C33H32N2O5/c1-20-15-23-18-39-31(37)33(23,16-20)17-22-11-13-24(14-12-22)35-30(36)21(2)34-32(38)40-19-29-27-9-5-3-7-25(27)26-8-4-6-10-28(26)29/h3-14,21,23,29H,1,15-19H2,2H3,(H,34,38)(H,35,36)/t21-,23?,33?/m0/s1. The van der Waals surface area contributed by atoms with Crippen LogP contribution in [0.1, 0.15) is 42.4 Å². The van der Waals surface area contributed by atoms with Gasteiger partial charge in [0.1, 0.15) is 12.6 Å². The van der Waals surface area contributed by atoms with E-state index in [2.05, 4.69) is 41.5 Å². The molecule has 2 amide bonds. The molecule has 3 atom stereocenters. The fourth-order valence-corrected chi connectivity index (χ4v) is 6.47. The van der Waals surface area contributed by atoms with Crippen molar-refractivity contribution in [3.8, 4) is 11.1 Å². The number of carbonyl (C=O) groups is 3. The van der Waals surface area contributed by atoms with Crippen molar-refractivity contribution >= 4 is 23.7 Å². The number of fused-ring (bicyclic) bond motifs is 4. The molecule has 0 radical (unpaired) electrons. The van der Waals surface area contributed by atoms with E-state index in [1.165, 1.54) is 0 Å². The van der Waals surface area contributed by atoms with Crippen LogP contribution in [0.5, 0.6) is 0 Å². The predicted molar refractivity (Wildman–Crippen MR) is 152 cm³/mol. The van der Waals surface area contributed by atoms with Gasteiger partial charge in [-0.2, -0.15) is 0 Å². The molecule has 2 unspecified atom stereocenters. The number of ether oxygens (including phenoxy) is 2. The molecule has 2 fully saturated rings. The van der Waals surface area contributed by atoms with Crippen LogP contribution in [0.2, 0.25) is 0 Å². The van der Waals surface area contributed by atoms with Gasteiger partial charge in [-0.1, -0.05) is 72.8 Å². The van der Waals surface area contributed by atoms with Crippen LogP contribution in [-0.2, 0) is 25.5 Å². The number of alkyl carbamates (subject to hydrolysis) is 1. The number of esters is 1. The molecule has 1 heterocycles. The lowest BCUT2D eigenvalue weighted by atomic mass is 9.75. The minimum absolute atomic E-state index is 0.0518. The highest BCUT2D eigenvalue weighted by molar-refractivity contribution is 5.96. The second-order valence-corrected chi connectivity index (χ2v) is 11.1. The molecule has 3 aliphatic rings. The van der Waals surface area contributed by atoms with E-state index < -0.39 is 17.6 Å². The molecule has 2 N–H and O–H groups in total. The Labute approximate surface area is 233 Å². The fraction of sp³-hybridized carbons (Fsp3) is 0.303. The van der Waals surface area contributed by atoms with Crippen molar-refractivity contribution in [3.63, 3.8) is 0 Å². The second kappa shape index (κ2) is 10.3. The van der Waals surface area contributed by atoms with Gasteiger partial charge in [0.25, 0.3) is 0 Å². The van der Waals surface area contributed by atoms with Crippen LogP contribution in [0, 0.1) is 11.3 Å². The Balaban J connectivity index is 1.02. The minimum Gasteiger partial charge on any atom is -0.465 e. The first-order chi connectivity index (χ1) is 19.3. The Bertz CT molecular complexity index is 1450. The zero-order chi connectivity index (χ0) is 27.9. The van der Waals surface area contributed by atoms with Crippen molar-refractivity contribution in [2.24, 2.45) is 11.3 Å². The highest BCUT2D eigenvalue weighted by Crippen LogP contribution is 2.52. The van der Waals surface area contributed by atoms with Crippen molar-refractivity contribution < 1.29 is 23.9 Å². The Kier molecular flexibility index (Phi) is 6.66. The predicted octanol–water partition coefficient (Wildman–Crippen LogP) is 5.60. The van der Waals surface area contributed by atoms with Crippen molar-refractivity contribution in [2.45, 2.75) is 38.1 Å². The SMILES string of the molecule is C=C1CC2COC(=O)C2(Cc2ccc(NC(=O)[C@H](C)NC(=O)OCC3c4ccccc4-c4ccccc43)cc2)C1. The molecule has 3 aromatic rings. The van der Waals surface area contributed by atoms with Gasteiger partial charge >= 0.3 is 12.1 Å². The van der Waals surface area contributed by atoms with E-state index in [-0.39, 0.29) is 30.3 Å². The third kappa shape index (κ3) is 4.66. The fourth-order valence-electron chi connectivity index (χ4n) is 6.47. The van der Waals surface area contributed by atoms with E-state index in [1.54, 1.807) is 6.92 Å². The summed E-state index contributed by atoms with van der Waals surface area (Å²) >= 11 is 0. The van der Waals surface area contributed by atoms with Gasteiger partial charge in [-0.15, -0.1) is 0 Å². The molecular formula is C33H32N2O5. The summed E-state index contributed by atoms with van der Waals surface area (Å²) in [5.74, 6) is -0.367. The maximum Gasteiger partial charge on any atom is 0.407 e. The Morgan fingerprint density at radius 1 is 1.02 bits per heavy atom. The molecule has 1 saturated heterocycles. The number of nitrogens with one attached hydrogen (secondary N) is 2. The molecule has 3 aromatic carbocycles. The number of allylic oxidation sites excluding steroid dienone is 1. The summed E-state index contributed by atoms with van der Waals surface area (Å²) < 4.78 is 10.9. The molecule has 0 bridgehead atoms. The molecule has 7 heteroatoms. The molecule has 6 rings (SSSR count). The topological polar surface area (TPSA) is 93.7 Å². The molecule has 1 aliphatic heterocycles. The smallest absolute Gasteiger partial charge is 0.407 e. The summed E-state index contributed by atoms with van der Waals surface area (Å²) in [5, 5.41) is 5.47. The maximum absolute atomic E-state index is 12.8. The summed E-state index contributed by atoms with van der Waals surface area (Å²) in [5.41, 5.74) is 6.75. The van der Waals surface area contributed by atoms with Crippen LogP contribution in [0.3, 0.4) is 0 Å². The average Bonchev–Trinajstić information content (AvgIpc) is 3.55. The van der Waals surface area contributed by atoms with E-state index in [0.717, 1.165) is 39.8 Å². The van der Waals surface area contributed by atoms with E-state index in [0.29, 0.717) is 25.1 Å². The number of amides is 2. The van der Waals surface area contributed by atoms with Crippen molar-refractivity contribution in [1.29, 1.82) is 0 Å². The third-order valence-electron chi connectivity index (χ3n) is 8.52. The first-order valence-corrected chi connectivity index (χ1v) is 13.7. The van der Waals surface area contributed by atoms with E-state index in [9.17, 15) is 14.4 Å². The normalized spacial score (nSPS) is 21.7. The summed E-state index contributed by atoms with van der Waals surface area (Å²) in [4.78, 5) is 37.9. The lowest BCUT2D eigenvalue weighted by Crippen LogP contribution is -2.42. The molecular weight excluding hydrogens is 504 g/mol. The number of rotatable bonds is 7. The number of benzene rings is 3. The van der Waals surface area contributed by atoms with Crippen LogP contribution >= 0.6 is 0 Å². The van der Waals surface area contributed by atoms with Gasteiger partial charge in [-0.3, -0.25) is 9.59 Å². The van der Waals surface area contributed by atoms with Crippen LogP contribution in [0.25, 0.3) is 11.1 Å². The second-order valence-electron chi connectivity index (χ2n) is 11.1. The summed E-state index contributed by atoms with van der Waals surface area (Å²) in [7, 11) is 0. The van der Waals surface area contributed by atoms with Gasteiger partial charge in [0.05, 0.1) is 12.0 Å². The maximum atomic E-state index is 12.8. The van der Waals surface area contributed by atoms with E-state index in [4.69, 9.17) is 9.47 Å². The quantitative estimate of drug-likeness (QED) is 0.303. The minimum atomic E-state index is -0.798. The summed E-state index contributed by atoms with van der Waals surface area (Å²) in [6.45, 7) is 6.35. The number of hydrogen-bond acceptors (Lipinski definition) is 5. The van der Waals surface area contributed by atoms with Crippen LogP contribution in [0.4, 0.5) is 10.5 Å². The lowest BCUT2D eigenvalue weighted by Gasteiger charge is -2.24. The highest BCUT2D eigenvalue weighted by Gasteiger charge is 2.55. The molecule has 1 saturated carbocycles. The number of cyclic esters (lactones) is 1. The first kappa shape index (κ1) is 25.9. The Morgan fingerprint density at radius 2 is 1.68 bits per heavy atom. The van der Waals surface area contributed by atoms with Gasteiger partial charge < -0.3 is 20.1 Å². The van der Waals surface area contributed by atoms with Gasteiger partial charge in [-0.05, 0) is 66.1 Å². The number of hydrogen-bond donors (Lipinski definition) is 2. The van der Waals surface area contributed by atoms with Crippen LogP contribution in [-0.4, -0.2) is 37.2 Å². The Morgan fingerprint density at radius 3 is 2.35 bits per heavy atom. The van der Waals surface area contributed by atoms with E-state index in [1.807, 2.05) is 48.5 Å². The molecule has 0 spiro atoms. The van der Waals surface area contributed by atoms with Gasteiger partial charge in [-0.25, -0.2) is 4.79 Å². The third-order valence-corrected chi connectivity index (χ3v) is 8.52. The molecule has 0 aromatic heterocycles. The molecule has 40 heavy (non-hydrogen) atoms. The van der Waals surface area contributed by atoms with Crippen molar-refractivity contribution in [1.82, 2.24) is 5.32 Å². The summed E-state index contributed by atoms with van der Waals surface area (Å²) in [6.07, 6.45) is 1.43.